The minimum Gasteiger partial charge on any atom is -0.354 e. The molecule has 2 amide bonds. The molecule has 0 unspecified atom stereocenters. The average molecular weight is 561 g/mol. The molecule has 0 spiro atoms. The van der Waals surface area contributed by atoms with Gasteiger partial charge in [0.1, 0.15) is 5.02 Å². The molecular weight excluding hydrogens is 532 g/mol. The van der Waals surface area contributed by atoms with E-state index in [-0.39, 0.29) is 22.2 Å². The van der Waals surface area contributed by atoms with E-state index < -0.39 is 10.8 Å². The zero-order chi connectivity index (χ0) is 28.4. The summed E-state index contributed by atoms with van der Waals surface area (Å²) in [6.07, 6.45) is 0. The third-order valence-corrected chi connectivity index (χ3v) is 7.50. The van der Waals surface area contributed by atoms with Crippen LogP contribution in [0.15, 0.2) is 66.7 Å². The molecule has 3 aromatic rings. The molecule has 10 nitrogen and oxygen atoms in total. The van der Waals surface area contributed by atoms with Crippen molar-refractivity contribution in [3.8, 4) is 0 Å². The molecule has 0 aliphatic carbocycles. The highest BCUT2D eigenvalue weighted by atomic mass is 35.5. The first-order valence-electron chi connectivity index (χ1n) is 12.8. The Morgan fingerprint density at radius 3 is 2.40 bits per heavy atom. The van der Waals surface area contributed by atoms with Crippen molar-refractivity contribution in [1.29, 1.82) is 0 Å². The van der Waals surface area contributed by atoms with Crippen LogP contribution in [-0.2, 0) is 9.59 Å². The second-order valence-corrected chi connectivity index (χ2v) is 10.3. The Labute approximate surface area is 237 Å². The van der Waals surface area contributed by atoms with Crippen LogP contribution in [-0.4, -0.2) is 73.4 Å². The molecule has 5 rings (SSSR count). The maximum Gasteiger partial charge on any atom is 0.288 e. The topological polar surface area (TPSA) is 111 Å². The molecule has 3 aromatic carbocycles. The highest BCUT2D eigenvalue weighted by molar-refractivity contribution is 6.39. The molecule has 0 saturated carbocycles. The number of benzene rings is 3. The molecule has 2 N–H and O–H groups in total. The van der Waals surface area contributed by atoms with Crippen molar-refractivity contribution >= 4 is 57.4 Å². The fourth-order valence-electron chi connectivity index (χ4n) is 4.81. The van der Waals surface area contributed by atoms with Gasteiger partial charge in [0.15, 0.2) is 0 Å². The van der Waals surface area contributed by atoms with Gasteiger partial charge in [-0.2, -0.15) is 0 Å². The fraction of sp³-hybridized carbons (Fsp3) is 0.241. The second kappa shape index (κ2) is 11.5. The first kappa shape index (κ1) is 27.3. The number of fused-ring (bicyclic) bond motifs is 1. The van der Waals surface area contributed by atoms with E-state index in [1.165, 1.54) is 12.1 Å². The van der Waals surface area contributed by atoms with E-state index in [1.807, 2.05) is 54.6 Å². The third-order valence-electron chi connectivity index (χ3n) is 7.19. The lowest BCUT2D eigenvalue weighted by molar-refractivity contribution is -0.384. The molecule has 0 bridgehead atoms. The van der Waals surface area contributed by atoms with Crippen molar-refractivity contribution in [2.45, 2.75) is 0 Å². The van der Waals surface area contributed by atoms with E-state index in [4.69, 9.17) is 11.6 Å². The highest BCUT2D eigenvalue weighted by Crippen LogP contribution is 2.42. The number of piperazine rings is 1. The molecule has 0 radical (unpaired) electrons. The normalized spacial score (nSPS) is 16.7. The number of hydrogen-bond donors (Lipinski definition) is 2. The predicted molar refractivity (Wildman–Crippen MR) is 157 cm³/mol. The van der Waals surface area contributed by atoms with Crippen molar-refractivity contribution in [2.75, 3.05) is 62.4 Å². The summed E-state index contributed by atoms with van der Waals surface area (Å²) in [5.74, 6) is -0.388. The van der Waals surface area contributed by atoms with Crippen LogP contribution >= 0.6 is 11.6 Å². The number of halogens is 1. The number of nitro benzene ring substituents is 1. The largest absolute Gasteiger partial charge is 0.354 e. The van der Waals surface area contributed by atoms with Crippen molar-refractivity contribution in [3.05, 3.63) is 93.0 Å². The lowest BCUT2D eigenvalue weighted by Crippen LogP contribution is -2.48. The Morgan fingerprint density at radius 2 is 1.75 bits per heavy atom. The quantitative estimate of drug-likeness (QED) is 0.250. The summed E-state index contributed by atoms with van der Waals surface area (Å²) in [5, 5.41) is 17.6. The molecule has 0 atom stereocenters. The van der Waals surface area contributed by atoms with Gasteiger partial charge in [0.05, 0.1) is 28.4 Å². The van der Waals surface area contributed by atoms with Crippen LogP contribution in [0.3, 0.4) is 0 Å². The van der Waals surface area contributed by atoms with Gasteiger partial charge in [-0.3, -0.25) is 24.6 Å². The van der Waals surface area contributed by atoms with Crippen molar-refractivity contribution in [2.24, 2.45) is 0 Å². The van der Waals surface area contributed by atoms with Gasteiger partial charge in [-0.25, -0.2) is 0 Å². The number of carbonyl (C=O) groups is 2. The molecular formula is C29H29ClN6O4. The van der Waals surface area contributed by atoms with E-state index in [0.29, 0.717) is 29.2 Å². The SMILES string of the molecule is CN1CCN(CC(=O)N(C)c2ccc(N/C(=C3\C(=O)Nc4cc(Cl)c([N+](=O)[O-])cc43)c3ccccc3)cc2)CC1. The lowest BCUT2D eigenvalue weighted by atomic mass is 9.99. The van der Waals surface area contributed by atoms with Crippen LogP contribution in [0.25, 0.3) is 11.3 Å². The van der Waals surface area contributed by atoms with Gasteiger partial charge >= 0.3 is 0 Å². The minimum absolute atomic E-state index is 0.0110. The maximum absolute atomic E-state index is 13.2. The molecule has 0 aromatic heterocycles. The summed E-state index contributed by atoms with van der Waals surface area (Å²) >= 11 is 6.09. The van der Waals surface area contributed by atoms with Crippen LogP contribution in [0.4, 0.5) is 22.7 Å². The molecule has 11 heteroatoms. The second-order valence-electron chi connectivity index (χ2n) is 9.88. The van der Waals surface area contributed by atoms with Gasteiger partial charge in [0.25, 0.3) is 11.6 Å². The number of likely N-dealkylation sites (N-methyl/N-ethyl adjacent to an activating group) is 2. The monoisotopic (exact) mass is 560 g/mol. The minimum atomic E-state index is -0.571. The standard InChI is InChI=1S/C29H29ClN6O4/c1-33-12-14-35(15-13-33)18-26(37)34(2)21-10-8-20(9-11-21)31-28(19-6-4-3-5-7-19)27-22-16-25(36(39)40)23(30)17-24(22)32-29(27)38/h3-11,16-17,31H,12-15,18H2,1-2H3,(H,32,38)/b28-27-. The van der Waals surface area contributed by atoms with Crippen molar-refractivity contribution in [1.82, 2.24) is 9.80 Å². The van der Waals surface area contributed by atoms with E-state index >= 15 is 0 Å². The van der Waals surface area contributed by atoms with Crippen molar-refractivity contribution in [3.63, 3.8) is 0 Å². The summed E-state index contributed by atoms with van der Waals surface area (Å²) in [6.45, 7) is 3.97. The van der Waals surface area contributed by atoms with Gasteiger partial charge in [0, 0.05) is 56.2 Å². The number of amides is 2. The Balaban J connectivity index is 1.43. The number of nitrogens with zero attached hydrogens (tertiary/aromatic N) is 4. The summed E-state index contributed by atoms with van der Waals surface area (Å²) < 4.78 is 0. The lowest BCUT2D eigenvalue weighted by Gasteiger charge is -2.32. The first-order valence-corrected chi connectivity index (χ1v) is 13.2. The van der Waals surface area contributed by atoms with Crippen LogP contribution < -0.4 is 15.5 Å². The van der Waals surface area contributed by atoms with Gasteiger partial charge in [0.2, 0.25) is 5.91 Å². The Bertz CT molecular complexity index is 1480. The number of nitrogens with one attached hydrogen (secondary N) is 2. The molecule has 1 saturated heterocycles. The number of carbonyl (C=O) groups excluding carboxylic acids is 2. The maximum atomic E-state index is 13.2. The average Bonchev–Trinajstić information content (AvgIpc) is 3.26. The fourth-order valence-corrected chi connectivity index (χ4v) is 5.04. The van der Waals surface area contributed by atoms with Crippen LogP contribution in [0.1, 0.15) is 11.1 Å². The number of nitro groups is 1. The molecule has 2 aliphatic rings. The predicted octanol–water partition coefficient (Wildman–Crippen LogP) is 4.39. The van der Waals surface area contributed by atoms with E-state index in [9.17, 15) is 19.7 Å². The van der Waals surface area contributed by atoms with Crippen molar-refractivity contribution < 1.29 is 14.5 Å². The van der Waals surface area contributed by atoms with Gasteiger partial charge < -0.3 is 20.4 Å². The smallest absolute Gasteiger partial charge is 0.288 e. The first-order chi connectivity index (χ1) is 19.2. The number of rotatable bonds is 7. The van der Waals surface area contributed by atoms with Gasteiger partial charge in [-0.05, 0) is 42.9 Å². The summed E-state index contributed by atoms with van der Waals surface area (Å²) in [7, 11) is 3.84. The van der Waals surface area contributed by atoms with Crippen LogP contribution in [0.2, 0.25) is 5.02 Å². The Hall–Kier alpha value is -4.25. The summed E-state index contributed by atoms with van der Waals surface area (Å²) in [4.78, 5) is 43.1. The van der Waals surface area contributed by atoms with Crippen LogP contribution in [0.5, 0.6) is 0 Å². The molecule has 40 heavy (non-hydrogen) atoms. The Kier molecular flexibility index (Phi) is 7.83. The van der Waals surface area contributed by atoms with Crippen LogP contribution in [0, 0.1) is 10.1 Å². The van der Waals surface area contributed by atoms with Gasteiger partial charge in [-0.15, -0.1) is 0 Å². The molecule has 206 valence electrons. The number of hydrogen-bond acceptors (Lipinski definition) is 7. The molecule has 2 heterocycles. The molecule has 1 fully saturated rings. The van der Waals surface area contributed by atoms with E-state index in [1.54, 1.807) is 11.9 Å². The molecule has 2 aliphatic heterocycles. The highest BCUT2D eigenvalue weighted by Gasteiger charge is 2.32. The number of anilines is 3. The van der Waals surface area contributed by atoms with E-state index in [2.05, 4.69) is 27.5 Å². The van der Waals surface area contributed by atoms with Gasteiger partial charge in [-0.1, -0.05) is 41.9 Å². The van der Waals surface area contributed by atoms with E-state index in [0.717, 1.165) is 37.4 Å². The Morgan fingerprint density at radius 1 is 1.07 bits per heavy atom. The zero-order valence-electron chi connectivity index (χ0n) is 22.2. The third kappa shape index (κ3) is 5.69. The summed E-state index contributed by atoms with van der Waals surface area (Å²) in [5.41, 5.74) is 3.41. The zero-order valence-corrected chi connectivity index (χ0v) is 22.9. The summed E-state index contributed by atoms with van der Waals surface area (Å²) in [6, 6.07) is 19.3.